The van der Waals surface area contributed by atoms with E-state index in [0.717, 1.165) is 25.9 Å². The molecule has 1 aliphatic rings. The number of para-hydroxylation sites is 1. The molecule has 0 spiro atoms. The summed E-state index contributed by atoms with van der Waals surface area (Å²) in [5.41, 5.74) is 1.30. The van der Waals surface area contributed by atoms with Gasteiger partial charge in [0.1, 0.15) is 5.82 Å². The van der Waals surface area contributed by atoms with E-state index in [4.69, 9.17) is 0 Å². The maximum Gasteiger partial charge on any atom is 0.161 e. The first-order valence-corrected chi connectivity index (χ1v) is 6.45. The summed E-state index contributed by atoms with van der Waals surface area (Å²) in [6.07, 6.45) is 2.05. The molecule has 0 unspecified atom stereocenters. The van der Waals surface area contributed by atoms with E-state index in [9.17, 15) is 9.18 Å². The van der Waals surface area contributed by atoms with Crippen LogP contribution in [0.2, 0.25) is 0 Å². The van der Waals surface area contributed by atoms with Gasteiger partial charge in [0, 0.05) is 18.7 Å². The zero-order chi connectivity index (χ0) is 13.3. The van der Waals surface area contributed by atoms with Crippen molar-refractivity contribution in [3.05, 3.63) is 29.6 Å². The number of piperidine rings is 1. The molecule has 1 aromatic rings. The largest absolute Gasteiger partial charge is 0.369 e. The molecule has 3 heteroatoms. The first kappa shape index (κ1) is 13.1. The third kappa shape index (κ3) is 2.55. The van der Waals surface area contributed by atoms with Crippen molar-refractivity contribution in [2.45, 2.75) is 33.6 Å². The first-order chi connectivity index (χ1) is 8.41. The number of rotatable bonds is 2. The number of hydrogen-bond acceptors (Lipinski definition) is 2. The van der Waals surface area contributed by atoms with E-state index in [1.165, 1.54) is 13.0 Å². The Balaban J connectivity index is 2.31. The second kappa shape index (κ2) is 4.71. The molecule has 1 saturated heterocycles. The van der Waals surface area contributed by atoms with Gasteiger partial charge in [0.15, 0.2) is 5.78 Å². The molecule has 0 amide bonds. The SMILES string of the molecule is CC(=O)c1cccc(F)c1N1CCC(C)(C)CC1. The lowest BCUT2D eigenvalue weighted by atomic mass is 9.82. The molecule has 98 valence electrons. The molecule has 1 heterocycles. The molecule has 0 N–H and O–H groups in total. The van der Waals surface area contributed by atoms with E-state index in [0.29, 0.717) is 16.7 Å². The Morgan fingerprint density at radius 1 is 1.28 bits per heavy atom. The van der Waals surface area contributed by atoms with Crippen LogP contribution < -0.4 is 4.90 Å². The summed E-state index contributed by atoms with van der Waals surface area (Å²) >= 11 is 0. The Labute approximate surface area is 108 Å². The lowest BCUT2D eigenvalue weighted by molar-refractivity contribution is 0.101. The molecule has 0 radical (unpaired) electrons. The summed E-state index contributed by atoms with van der Waals surface area (Å²) in [7, 11) is 0. The van der Waals surface area contributed by atoms with E-state index in [2.05, 4.69) is 13.8 Å². The average molecular weight is 249 g/mol. The Bertz CT molecular complexity index is 458. The molecular weight excluding hydrogens is 229 g/mol. The predicted octanol–water partition coefficient (Wildman–Crippen LogP) is 3.65. The van der Waals surface area contributed by atoms with Crippen LogP contribution in [-0.4, -0.2) is 18.9 Å². The maximum absolute atomic E-state index is 14.0. The number of anilines is 1. The quantitative estimate of drug-likeness (QED) is 0.746. The number of benzene rings is 1. The highest BCUT2D eigenvalue weighted by atomic mass is 19.1. The summed E-state index contributed by atoms with van der Waals surface area (Å²) in [4.78, 5) is 13.6. The van der Waals surface area contributed by atoms with E-state index < -0.39 is 0 Å². The Hall–Kier alpha value is -1.38. The second-order valence-electron chi connectivity index (χ2n) is 5.84. The molecule has 0 aliphatic carbocycles. The van der Waals surface area contributed by atoms with Crippen molar-refractivity contribution < 1.29 is 9.18 Å². The van der Waals surface area contributed by atoms with Crippen LogP contribution in [-0.2, 0) is 0 Å². The molecular formula is C15H20FNO. The van der Waals surface area contributed by atoms with Crippen LogP contribution in [0.25, 0.3) is 0 Å². The lowest BCUT2D eigenvalue weighted by Gasteiger charge is -2.38. The van der Waals surface area contributed by atoms with Crippen LogP contribution >= 0.6 is 0 Å². The van der Waals surface area contributed by atoms with Gasteiger partial charge in [-0.25, -0.2) is 4.39 Å². The van der Waals surface area contributed by atoms with Crippen molar-refractivity contribution in [1.82, 2.24) is 0 Å². The fraction of sp³-hybridized carbons (Fsp3) is 0.533. The van der Waals surface area contributed by atoms with Gasteiger partial charge in [-0.2, -0.15) is 0 Å². The van der Waals surface area contributed by atoms with E-state index in [1.54, 1.807) is 12.1 Å². The summed E-state index contributed by atoms with van der Waals surface area (Å²) in [5, 5.41) is 0. The van der Waals surface area contributed by atoms with E-state index in [-0.39, 0.29) is 11.6 Å². The maximum atomic E-state index is 14.0. The van der Waals surface area contributed by atoms with Gasteiger partial charge in [0.05, 0.1) is 5.69 Å². The third-order valence-corrected chi connectivity index (χ3v) is 3.80. The fourth-order valence-electron chi connectivity index (χ4n) is 2.46. The molecule has 2 nitrogen and oxygen atoms in total. The monoisotopic (exact) mass is 249 g/mol. The highest BCUT2D eigenvalue weighted by Gasteiger charge is 2.28. The summed E-state index contributed by atoms with van der Waals surface area (Å²) in [6.45, 7) is 7.59. The van der Waals surface area contributed by atoms with Gasteiger partial charge in [-0.1, -0.05) is 19.9 Å². The van der Waals surface area contributed by atoms with Crippen molar-refractivity contribution in [1.29, 1.82) is 0 Å². The van der Waals surface area contributed by atoms with Crippen molar-refractivity contribution in [3.8, 4) is 0 Å². The highest BCUT2D eigenvalue weighted by Crippen LogP contribution is 2.34. The molecule has 18 heavy (non-hydrogen) atoms. The van der Waals surface area contributed by atoms with Gasteiger partial charge in [0.2, 0.25) is 0 Å². The Morgan fingerprint density at radius 2 is 1.89 bits per heavy atom. The van der Waals surface area contributed by atoms with E-state index >= 15 is 0 Å². The van der Waals surface area contributed by atoms with Crippen molar-refractivity contribution in [2.75, 3.05) is 18.0 Å². The molecule has 1 aliphatic heterocycles. The van der Waals surface area contributed by atoms with Crippen LogP contribution in [0.4, 0.5) is 10.1 Å². The number of halogens is 1. The standard InChI is InChI=1S/C15H20FNO/c1-11(18)12-5-4-6-13(16)14(12)17-9-7-15(2,3)8-10-17/h4-6H,7-10H2,1-3H3. The van der Waals surface area contributed by atoms with Gasteiger partial charge >= 0.3 is 0 Å². The number of Topliss-reactive ketones (excluding diaryl/α,β-unsaturated/α-hetero) is 1. The number of carbonyl (C=O) groups is 1. The minimum atomic E-state index is -0.289. The van der Waals surface area contributed by atoms with Crippen LogP contribution in [0.3, 0.4) is 0 Å². The number of hydrogen-bond donors (Lipinski definition) is 0. The van der Waals surface area contributed by atoms with Crippen LogP contribution in [0.15, 0.2) is 18.2 Å². The highest BCUT2D eigenvalue weighted by molar-refractivity contribution is 5.99. The summed E-state index contributed by atoms with van der Waals surface area (Å²) in [5.74, 6) is -0.364. The van der Waals surface area contributed by atoms with Crippen LogP contribution in [0, 0.1) is 11.2 Å². The smallest absolute Gasteiger partial charge is 0.161 e. The number of ketones is 1. The van der Waals surface area contributed by atoms with Gasteiger partial charge in [-0.05, 0) is 37.3 Å². The van der Waals surface area contributed by atoms with Gasteiger partial charge in [-0.15, -0.1) is 0 Å². The zero-order valence-electron chi connectivity index (χ0n) is 11.3. The zero-order valence-corrected chi connectivity index (χ0v) is 11.3. The van der Waals surface area contributed by atoms with E-state index in [1.807, 2.05) is 4.90 Å². The minimum absolute atomic E-state index is 0.0747. The normalized spacial score (nSPS) is 18.8. The van der Waals surface area contributed by atoms with Gasteiger partial charge < -0.3 is 4.90 Å². The van der Waals surface area contributed by atoms with Crippen molar-refractivity contribution in [3.63, 3.8) is 0 Å². The van der Waals surface area contributed by atoms with Gasteiger partial charge in [-0.3, -0.25) is 4.79 Å². The third-order valence-electron chi connectivity index (χ3n) is 3.80. The Kier molecular flexibility index (Phi) is 3.42. The predicted molar refractivity (Wildman–Crippen MR) is 71.6 cm³/mol. The lowest BCUT2D eigenvalue weighted by Crippen LogP contribution is -2.38. The Morgan fingerprint density at radius 3 is 2.44 bits per heavy atom. The molecule has 2 rings (SSSR count). The molecule has 1 fully saturated rings. The molecule has 0 bridgehead atoms. The molecule has 0 atom stereocenters. The first-order valence-electron chi connectivity index (χ1n) is 6.45. The topological polar surface area (TPSA) is 20.3 Å². The molecule has 0 saturated carbocycles. The van der Waals surface area contributed by atoms with Gasteiger partial charge in [0.25, 0.3) is 0 Å². The van der Waals surface area contributed by atoms with Crippen LogP contribution in [0.5, 0.6) is 0 Å². The number of nitrogens with zero attached hydrogens (tertiary/aromatic N) is 1. The minimum Gasteiger partial charge on any atom is -0.369 e. The van der Waals surface area contributed by atoms with Crippen LogP contribution in [0.1, 0.15) is 44.0 Å². The average Bonchev–Trinajstić information content (AvgIpc) is 2.29. The fourth-order valence-corrected chi connectivity index (χ4v) is 2.46. The molecule has 0 aromatic heterocycles. The van der Waals surface area contributed by atoms with Crippen molar-refractivity contribution in [2.24, 2.45) is 5.41 Å². The summed E-state index contributed by atoms with van der Waals surface area (Å²) < 4.78 is 14.0. The second-order valence-corrected chi connectivity index (χ2v) is 5.84. The van der Waals surface area contributed by atoms with Crippen molar-refractivity contribution >= 4 is 11.5 Å². The number of carbonyl (C=O) groups excluding carboxylic acids is 1. The summed E-state index contributed by atoms with van der Waals surface area (Å²) in [6, 6.07) is 4.74. The molecule has 1 aromatic carbocycles.